The van der Waals surface area contributed by atoms with E-state index in [1.54, 1.807) is 0 Å². The Bertz CT molecular complexity index is 1310. The Morgan fingerprint density at radius 3 is 0.969 bits per heavy atom. The first kappa shape index (κ1) is 61.3. The maximum absolute atomic E-state index is 12.8. The minimum atomic E-state index is -0.788. The molecular weight excluding hydrogens is 805 g/mol. The molecular formula is C59H98O6. The molecule has 0 fully saturated rings. The first-order chi connectivity index (χ1) is 32.0. The van der Waals surface area contributed by atoms with E-state index in [1.165, 1.54) is 64.2 Å². The Morgan fingerprint density at radius 2 is 0.600 bits per heavy atom. The summed E-state index contributed by atoms with van der Waals surface area (Å²) < 4.78 is 16.7. The summed E-state index contributed by atoms with van der Waals surface area (Å²) in [5.74, 6) is -0.926. The number of ether oxygens (including phenoxy) is 3. The second-order valence-electron chi connectivity index (χ2n) is 17.4. The highest BCUT2D eigenvalue weighted by atomic mass is 16.6. The molecule has 0 bridgehead atoms. The average Bonchev–Trinajstić information content (AvgIpc) is 3.30. The zero-order chi connectivity index (χ0) is 47.2. The highest BCUT2D eigenvalue weighted by molar-refractivity contribution is 5.71. The van der Waals surface area contributed by atoms with Crippen LogP contribution in [-0.4, -0.2) is 37.2 Å². The molecule has 6 nitrogen and oxygen atoms in total. The second-order valence-corrected chi connectivity index (χ2v) is 17.4. The largest absolute Gasteiger partial charge is 0.462 e. The fraction of sp³-hybridized carbons (Fsp3) is 0.678. The Balaban J connectivity index is 4.27. The van der Waals surface area contributed by atoms with Crippen molar-refractivity contribution in [1.29, 1.82) is 0 Å². The lowest BCUT2D eigenvalue weighted by Crippen LogP contribution is -2.30. The van der Waals surface area contributed by atoms with Gasteiger partial charge in [-0.1, -0.05) is 214 Å². The molecule has 370 valence electrons. The van der Waals surface area contributed by atoms with Gasteiger partial charge in [0.1, 0.15) is 13.2 Å². The third-order valence-corrected chi connectivity index (χ3v) is 11.1. The van der Waals surface area contributed by atoms with Crippen molar-refractivity contribution >= 4 is 17.9 Å². The standard InChI is InChI=1S/C59H98O6/c1-4-7-10-13-16-18-20-22-24-25-26-27-28-29-30-31-32-33-35-36-38-40-43-46-49-52-58(61)64-55-56(54-63-57(60)51-48-45-42-15-12-9-6-3)65-59(62)53-50-47-44-41-39-37-34-23-21-19-17-14-11-8-5-2/h7,10,16-19,22-24,26-27,29-30,32-34,56H,4-6,8-9,11-15,20-21,25,28,31,35-55H2,1-3H3/b10-7-,18-16-,19-17-,24-22-,27-26-,30-29-,33-32-,34-23-. The van der Waals surface area contributed by atoms with Crippen molar-refractivity contribution in [3.8, 4) is 0 Å². The van der Waals surface area contributed by atoms with Crippen LogP contribution in [0, 0.1) is 0 Å². The van der Waals surface area contributed by atoms with Crippen molar-refractivity contribution in [2.75, 3.05) is 13.2 Å². The quantitative estimate of drug-likeness (QED) is 0.0262. The van der Waals surface area contributed by atoms with Crippen LogP contribution in [0.25, 0.3) is 0 Å². The number of rotatable bonds is 47. The Kier molecular flexibility index (Phi) is 50.0. The lowest BCUT2D eigenvalue weighted by atomic mass is 10.1. The normalized spacial score (nSPS) is 12.8. The molecule has 0 radical (unpaired) electrons. The second kappa shape index (κ2) is 52.9. The Labute approximate surface area is 400 Å². The molecule has 0 aromatic carbocycles. The van der Waals surface area contributed by atoms with Crippen LogP contribution in [0.5, 0.6) is 0 Å². The van der Waals surface area contributed by atoms with E-state index in [4.69, 9.17) is 14.2 Å². The molecule has 0 aliphatic carbocycles. The topological polar surface area (TPSA) is 78.9 Å². The lowest BCUT2D eigenvalue weighted by Gasteiger charge is -2.18. The van der Waals surface area contributed by atoms with Crippen LogP contribution >= 0.6 is 0 Å². The van der Waals surface area contributed by atoms with Crippen molar-refractivity contribution in [3.63, 3.8) is 0 Å². The Morgan fingerprint density at radius 1 is 0.323 bits per heavy atom. The monoisotopic (exact) mass is 903 g/mol. The van der Waals surface area contributed by atoms with Gasteiger partial charge in [-0.05, 0) is 103 Å². The van der Waals surface area contributed by atoms with Gasteiger partial charge in [0.05, 0.1) is 0 Å². The molecule has 0 aromatic heterocycles. The minimum absolute atomic E-state index is 0.0882. The zero-order valence-corrected chi connectivity index (χ0v) is 42.2. The summed E-state index contributed by atoms with van der Waals surface area (Å²) in [5.41, 5.74) is 0. The molecule has 1 atom stereocenters. The van der Waals surface area contributed by atoms with Gasteiger partial charge in [0.25, 0.3) is 0 Å². The maximum Gasteiger partial charge on any atom is 0.306 e. The number of esters is 3. The van der Waals surface area contributed by atoms with Crippen LogP contribution in [0.4, 0.5) is 0 Å². The molecule has 0 heterocycles. The molecule has 0 spiro atoms. The summed E-state index contributed by atoms with van der Waals surface area (Å²) in [4.78, 5) is 37.8. The fourth-order valence-electron chi connectivity index (χ4n) is 7.06. The van der Waals surface area contributed by atoms with E-state index in [1.807, 2.05) is 0 Å². The van der Waals surface area contributed by atoms with Crippen molar-refractivity contribution in [2.24, 2.45) is 0 Å². The van der Waals surface area contributed by atoms with Crippen LogP contribution in [0.3, 0.4) is 0 Å². The number of hydrogen-bond donors (Lipinski definition) is 0. The van der Waals surface area contributed by atoms with Crippen molar-refractivity contribution < 1.29 is 28.6 Å². The van der Waals surface area contributed by atoms with E-state index in [0.717, 1.165) is 135 Å². The zero-order valence-electron chi connectivity index (χ0n) is 42.2. The Hall–Kier alpha value is -3.67. The van der Waals surface area contributed by atoms with E-state index in [9.17, 15) is 14.4 Å². The minimum Gasteiger partial charge on any atom is -0.462 e. The van der Waals surface area contributed by atoms with Crippen molar-refractivity contribution in [2.45, 2.75) is 245 Å². The molecule has 1 unspecified atom stereocenters. The van der Waals surface area contributed by atoms with Gasteiger partial charge in [-0.3, -0.25) is 14.4 Å². The molecule has 6 heteroatoms. The number of allylic oxidation sites excluding steroid dienone is 16. The number of carbonyl (C=O) groups is 3. The van der Waals surface area contributed by atoms with Crippen LogP contribution in [-0.2, 0) is 28.6 Å². The predicted molar refractivity (Wildman–Crippen MR) is 279 cm³/mol. The summed E-state index contributed by atoms with van der Waals surface area (Å²) in [6, 6.07) is 0. The van der Waals surface area contributed by atoms with Crippen molar-refractivity contribution in [1.82, 2.24) is 0 Å². The number of unbranched alkanes of at least 4 members (excludes halogenated alkanes) is 20. The van der Waals surface area contributed by atoms with Crippen LogP contribution < -0.4 is 0 Å². The van der Waals surface area contributed by atoms with Gasteiger partial charge in [0.15, 0.2) is 6.10 Å². The van der Waals surface area contributed by atoms with E-state index >= 15 is 0 Å². The highest BCUT2D eigenvalue weighted by Crippen LogP contribution is 2.13. The third kappa shape index (κ3) is 51.2. The van der Waals surface area contributed by atoms with Gasteiger partial charge in [0, 0.05) is 19.3 Å². The van der Waals surface area contributed by atoms with Gasteiger partial charge >= 0.3 is 17.9 Å². The molecule has 0 aromatic rings. The highest BCUT2D eigenvalue weighted by Gasteiger charge is 2.19. The molecule has 65 heavy (non-hydrogen) atoms. The van der Waals surface area contributed by atoms with Gasteiger partial charge in [-0.2, -0.15) is 0 Å². The fourth-order valence-corrected chi connectivity index (χ4v) is 7.06. The van der Waals surface area contributed by atoms with Crippen molar-refractivity contribution in [3.05, 3.63) is 97.2 Å². The molecule has 0 saturated carbocycles. The van der Waals surface area contributed by atoms with Gasteiger partial charge < -0.3 is 14.2 Å². The molecule has 0 saturated heterocycles. The molecule has 0 aliphatic heterocycles. The molecule has 0 N–H and O–H groups in total. The summed E-state index contributed by atoms with van der Waals surface area (Å²) in [6.07, 6.45) is 69.8. The summed E-state index contributed by atoms with van der Waals surface area (Å²) in [6.45, 7) is 6.42. The van der Waals surface area contributed by atoms with E-state index in [2.05, 4.69) is 118 Å². The maximum atomic E-state index is 12.8. The summed E-state index contributed by atoms with van der Waals surface area (Å²) in [5, 5.41) is 0. The van der Waals surface area contributed by atoms with E-state index in [-0.39, 0.29) is 31.1 Å². The smallest absolute Gasteiger partial charge is 0.306 e. The van der Waals surface area contributed by atoms with Crippen LogP contribution in [0.1, 0.15) is 239 Å². The predicted octanol–water partition coefficient (Wildman–Crippen LogP) is 17.8. The average molecular weight is 903 g/mol. The first-order valence-corrected chi connectivity index (χ1v) is 26.7. The SMILES string of the molecule is CC/C=C\C/C=C\C/C=C\C/C=C\C/C=C\C/C=C\CCCCCCCCC(=O)OCC(COC(=O)CCCCCCCCC)OC(=O)CCCCCCC/C=C\C/C=C\CCCCC. The van der Waals surface area contributed by atoms with Gasteiger partial charge in [0.2, 0.25) is 0 Å². The number of hydrogen-bond acceptors (Lipinski definition) is 6. The van der Waals surface area contributed by atoms with Gasteiger partial charge in [-0.15, -0.1) is 0 Å². The van der Waals surface area contributed by atoms with E-state index in [0.29, 0.717) is 19.3 Å². The molecule has 0 rings (SSSR count). The molecule has 0 aliphatic rings. The lowest BCUT2D eigenvalue weighted by molar-refractivity contribution is -0.167. The van der Waals surface area contributed by atoms with E-state index < -0.39 is 6.10 Å². The molecule has 0 amide bonds. The van der Waals surface area contributed by atoms with Crippen LogP contribution in [0.15, 0.2) is 97.2 Å². The van der Waals surface area contributed by atoms with Gasteiger partial charge in [-0.25, -0.2) is 0 Å². The van der Waals surface area contributed by atoms with Crippen LogP contribution in [0.2, 0.25) is 0 Å². The summed E-state index contributed by atoms with van der Waals surface area (Å²) >= 11 is 0. The first-order valence-electron chi connectivity index (χ1n) is 26.7. The third-order valence-electron chi connectivity index (χ3n) is 11.1. The summed E-state index contributed by atoms with van der Waals surface area (Å²) in [7, 11) is 0. The number of carbonyl (C=O) groups excluding carboxylic acids is 3.